The van der Waals surface area contributed by atoms with Gasteiger partial charge in [-0.2, -0.15) is 5.10 Å². The van der Waals surface area contributed by atoms with Gasteiger partial charge in [-0.1, -0.05) is 35.0 Å². The van der Waals surface area contributed by atoms with Gasteiger partial charge < -0.3 is 33.5 Å². The number of hydrogen-bond acceptors (Lipinski definition) is 9. The summed E-state index contributed by atoms with van der Waals surface area (Å²) >= 11 is 0. The summed E-state index contributed by atoms with van der Waals surface area (Å²) in [6, 6.07) is 16.0. The largest absolute Gasteiger partial charge is 0.495 e. The molecule has 0 radical (unpaired) electrons. The number of quaternary nitrogens is 1. The van der Waals surface area contributed by atoms with Gasteiger partial charge in [-0.15, -0.1) is 5.92 Å². The number of nitrogens with zero attached hydrogens (tertiary/aromatic N) is 6. The number of nitro groups is 1. The van der Waals surface area contributed by atoms with Gasteiger partial charge in [0.1, 0.15) is 18.0 Å². The van der Waals surface area contributed by atoms with E-state index < -0.39 is 4.92 Å². The Morgan fingerprint density at radius 3 is 2.16 bits per heavy atom. The second-order valence-electron chi connectivity index (χ2n) is 11.9. The topological polar surface area (TPSA) is 133 Å². The third-order valence-electron chi connectivity index (χ3n) is 8.03. The molecule has 50 heavy (non-hydrogen) atoms. The fourth-order valence-electron chi connectivity index (χ4n) is 5.73. The van der Waals surface area contributed by atoms with Crippen LogP contribution in [-0.4, -0.2) is 77.1 Å². The third-order valence-corrected chi connectivity index (χ3v) is 8.03. The Labute approximate surface area is 289 Å². The number of fused-ring (bicyclic) bond motifs is 1. The number of rotatable bonds is 11. The molecule has 13 heteroatoms. The van der Waals surface area contributed by atoms with Crippen molar-refractivity contribution >= 4 is 22.6 Å². The van der Waals surface area contributed by atoms with Crippen molar-refractivity contribution in [3.8, 4) is 46.7 Å². The van der Waals surface area contributed by atoms with Crippen molar-refractivity contribution in [3.63, 3.8) is 0 Å². The molecule has 0 aliphatic heterocycles. The van der Waals surface area contributed by atoms with Crippen molar-refractivity contribution in [1.82, 2.24) is 19.3 Å². The van der Waals surface area contributed by atoms with E-state index in [0.29, 0.717) is 50.9 Å². The Morgan fingerprint density at radius 2 is 1.58 bits per heavy atom. The maximum absolute atomic E-state index is 14.2. The van der Waals surface area contributed by atoms with Gasteiger partial charge in [0.05, 0.1) is 60.7 Å². The standard InChI is InChI=1S/C37H37N6O7/c1-9-13-26-30(47-5)19-17-27-33(35(44)25-20-31(48-6)36(50-8)32(21-25)49-7)39-41(34(26)27)23-43(3,4)22-29-28(38-37(40(29)2)42(45)46)18-16-24-14-11-10-12-15-24/h10-12,14-15,17,19-21H,22-23H2,1-8H3/q+1. The molecule has 0 amide bonds. The van der Waals surface area contributed by atoms with E-state index in [9.17, 15) is 14.9 Å². The maximum atomic E-state index is 14.2. The van der Waals surface area contributed by atoms with Gasteiger partial charge in [0, 0.05) is 16.5 Å². The summed E-state index contributed by atoms with van der Waals surface area (Å²) in [4.78, 5) is 29.9. The Kier molecular flexibility index (Phi) is 10.1. The van der Waals surface area contributed by atoms with Crippen molar-refractivity contribution in [2.24, 2.45) is 7.05 Å². The predicted molar refractivity (Wildman–Crippen MR) is 186 cm³/mol. The molecule has 0 saturated carbocycles. The van der Waals surface area contributed by atoms with Crippen LogP contribution >= 0.6 is 0 Å². The van der Waals surface area contributed by atoms with E-state index in [1.165, 1.54) is 25.9 Å². The van der Waals surface area contributed by atoms with E-state index in [2.05, 4.69) is 28.7 Å². The zero-order valence-corrected chi connectivity index (χ0v) is 29.2. The van der Waals surface area contributed by atoms with Gasteiger partial charge >= 0.3 is 5.95 Å². The summed E-state index contributed by atoms with van der Waals surface area (Å²) in [7, 11) is 11.5. The average molecular weight is 678 g/mol. The Bertz CT molecular complexity index is 2210. The summed E-state index contributed by atoms with van der Waals surface area (Å²) < 4.78 is 25.5. The molecule has 2 aromatic heterocycles. The lowest BCUT2D eigenvalue weighted by atomic mass is 10.0. The zero-order chi connectivity index (χ0) is 36.2. The van der Waals surface area contributed by atoms with Crippen LogP contribution in [0.25, 0.3) is 10.9 Å². The predicted octanol–water partition coefficient (Wildman–Crippen LogP) is 4.95. The van der Waals surface area contributed by atoms with Crippen LogP contribution in [0.15, 0.2) is 54.6 Å². The average Bonchev–Trinajstić information content (AvgIpc) is 3.62. The summed E-state index contributed by atoms with van der Waals surface area (Å²) in [5, 5.41) is 17.3. The number of aromatic nitrogens is 4. The molecule has 5 aromatic rings. The number of benzene rings is 3. The highest BCUT2D eigenvalue weighted by atomic mass is 16.6. The van der Waals surface area contributed by atoms with Crippen molar-refractivity contribution in [2.45, 2.75) is 20.1 Å². The normalized spacial score (nSPS) is 10.9. The van der Waals surface area contributed by atoms with E-state index in [0.717, 1.165) is 5.56 Å². The fraction of sp³-hybridized carbons (Fsp3) is 0.270. The zero-order valence-electron chi connectivity index (χ0n) is 29.2. The first kappa shape index (κ1) is 35.0. The summed E-state index contributed by atoms with van der Waals surface area (Å²) in [6.07, 6.45) is 0. The Balaban J connectivity index is 1.64. The second kappa shape index (κ2) is 14.4. The molecule has 0 spiro atoms. The lowest BCUT2D eigenvalue weighted by Gasteiger charge is -2.29. The van der Waals surface area contributed by atoms with Gasteiger partial charge in [0.15, 0.2) is 23.9 Å². The van der Waals surface area contributed by atoms with E-state index >= 15 is 0 Å². The molecule has 13 nitrogen and oxygen atoms in total. The molecule has 256 valence electrons. The van der Waals surface area contributed by atoms with E-state index in [-0.39, 0.29) is 40.7 Å². The molecule has 3 aromatic carbocycles. The minimum Gasteiger partial charge on any atom is -0.495 e. The van der Waals surface area contributed by atoms with Gasteiger partial charge in [-0.3, -0.25) is 4.79 Å². The number of carbonyl (C=O) groups excluding carboxylic acids is 1. The molecule has 0 N–H and O–H groups in total. The SMILES string of the molecule is CC#Cc1c(OC)ccc2c(C(=O)c3cc(OC)c(OC)c(OC)c3)nn(C[N+](C)(C)Cc3c(C#Cc4ccccc4)nc([N+](=O)[O-])n3C)c12. The summed E-state index contributed by atoms with van der Waals surface area (Å²) in [5.74, 6) is 13.0. The number of hydrogen-bond donors (Lipinski definition) is 0. The van der Waals surface area contributed by atoms with Gasteiger partial charge in [-0.05, 0) is 54.2 Å². The van der Waals surface area contributed by atoms with Crippen LogP contribution in [0.1, 0.15) is 45.5 Å². The lowest BCUT2D eigenvalue weighted by Crippen LogP contribution is -2.41. The van der Waals surface area contributed by atoms with Crippen LogP contribution in [0.2, 0.25) is 0 Å². The van der Waals surface area contributed by atoms with Crippen molar-refractivity contribution < 1.29 is 33.1 Å². The highest BCUT2D eigenvalue weighted by Crippen LogP contribution is 2.39. The van der Waals surface area contributed by atoms with Crippen LogP contribution in [-0.2, 0) is 20.3 Å². The minimum atomic E-state index is -0.527. The Morgan fingerprint density at radius 1 is 0.920 bits per heavy atom. The summed E-state index contributed by atoms with van der Waals surface area (Å²) in [5.41, 5.74) is 3.25. The van der Waals surface area contributed by atoms with Crippen LogP contribution in [0, 0.1) is 33.8 Å². The minimum absolute atomic E-state index is 0.182. The first-order chi connectivity index (χ1) is 24.0. The maximum Gasteiger partial charge on any atom is 0.436 e. The molecule has 0 unspecified atom stereocenters. The highest BCUT2D eigenvalue weighted by molar-refractivity contribution is 6.16. The van der Waals surface area contributed by atoms with Gasteiger partial charge in [0.2, 0.25) is 17.2 Å². The number of ketones is 1. The van der Waals surface area contributed by atoms with Gasteiger partial charge in [0.25, 0.3) is 0 Å². The molecule has 0 bridgehead atoms. The van der Waals surface area contributed by atoms with Crippen molar-refractivity contribution in [3.05, 3.63) is 98.5 Å². The quantitative estimate of drug-likeness (QED) is 0.0626. The van der Waals surface area contributed by atoms with E-state index in [4.69, 9.17) is 24.0 Å². The molecular weight excluding hydrogens is 640 g/mol. The van der Waals surface area contributed by atoms with E-state index in [1.54, 1.807) is 50.0 Å². The number of ether oxygens (including phenoxy) is 4. The first-order valence-electron chi connectivity index (χ1n) is 15.4. The van der Waals surface area contributed by atoms with Gasteiger partial charge in [-0.25, -0.2) is 9.25 Å². The Hall–Kier alpha value is -6.31. The number of imidazole rings is 1. The lowest BCUT2D eigenvalue weighted by molar-refractivity contribution is -0.926. The second-order valence-corrected chi connectivity index (χ2v) is 11.9. The molecule has 0 aliphatic rings. The third kappa shape index (κ3) is 6.81. The van der Waals surface area contributed by atoms with Crippen LogP contribution in [0.4, 0.5) is 5.95 Å². The smallest absolute Gasteiger partial charge is 0.436 e. The number of carbonyl (C=O) groups is 1. The highest BCUT2D eigenvalue weighted by Gasteiger charge is 2.32. The van der Waals surface area contributed by atoms with E-state index in [1.807, 2.05) is 44.4 Å². The molecule has 2 heterocycles. The van der Waals surface area contributed by atoms with Crippen LogP contribution in [0.3, 0.4) is 0 Å². The first-order valence-corrected chi connectivity index (χ1v) is 15.4. The van der Waals surface area contributed by atoms with Crippen molar-refractivity contribution in [2.75, 3.05) is 42.5 Å². The molecular formula is C37H37N6O7+. The van der Waals surface area contributed by atoms with Crippen molar-refractivity contribution in [1.29, 1.82) is 0 Å². The summed E-state index contributed by atoms with van der Waals surface area (Å²) in [6.45, 7) is 2.23. The fourth-order valence-corrected chi connectivity index (χ4v) is 5.73. The molecule has 0 aliphatic carbocycles. The molecule has 0 saturated heterocycles. The monoisotopic (exact) mass is 677 g/mol. The molecule has 5 rings (SSSR count). The van der Waals surface area contributed by atoms with Crippen LogP contribution < -0.4 is 18.9 Å². The molecule has 0 atom stereocenters. The molecule has 0 fully saturated rings. The number of methoxy groups -OCH3 is 4. The van der Waals surface area contributed by atoms with Crippen LogP contribution in [0.5, 0.6) is 23.0 Å².